The Kier molecular flexibility index (Phi) is 4.51. The van der Waals surface area contributed by atoms with Crippen molar-refractivity contribution in [3.05, 3.63) is 56.7 Å². The van der Waals surface area contributed by atoms with Crippen LogP contribution >= 0.6 is 43.5 Å². The predicted molar refractivity (Wildman–Crippen MR) is 78.0 cm³/mol. The summed E-state index contributed by atoms with van der Waals surface area (Å²) >= 11 is 12.7. The third-order valence-electron chi connectivity index (χ3n) is 2.69. The summed E-state index contributed by atoms with van der Waals surface area (Å²) < 4.78 is 19.9. The highest BCUT2D eigenvalue weighted by molar-refractivity contribution is 9.10. The molecule has 0 N–H and O–H groups in total. The van der Waals surface area contributed by atoms with Crippen molar-refractivity contribution in [1.29, 1.82) is 0 Å². The van der Waals surface area contributed by atoms with Crippen molar-refractivity contribution in [3.8, 4) is 0 Å². The molecule has 1 aromatic carbocycles. The van der Waals surface area contributed by atoms with E-state index in [0.29, 0.717) is 15.1 Å². The van der Waals surface area contributed by atoms with Crippen molar-refractivity contribution >= 4 is 43.5 Å². The van der Waals surface area contributed by atoms with Crippen LogP contribution in [-0.2, 0) is 6.42 Å². The van der Waals surface area contributed by atoms with E-state index in [1.807, 2.05) is 13.0 Å². The lowest BCUT2D eigenvalue weighted by Crippen LogP contribution is -1.98. The fourth-order valence-corrected chi connectivity index (χ4v) is 3.01. The number of halogens is 4. The van der Waals surface area contributed by atoms with Crippen molar-refractivity contribution in [2.24, 2.45) is 0 Å². The lowest BCUT2D eigenvalue weighted by atomic mass is 10.0. The molecule has 1 atom stereocenters. The quantitative estimate of drug-likeness (QED) is 0.466. The van der Waals surface area contributed by atoms with Gasteiger partial charge in [0.25, 0.3) is 0 Å². The van der Waals surface area contributed by atoms with E-state index in [4.69, 9.17) is 16.0 Å². The number of aryl methyl sites for hydroxylation is 1. The van der Waals surface area contributed by atoms with E-state index < -0.39 is 0 Å². The van der Waals surface area contributed by atoms with Gasteiger partial charge in [-0.05, 0) is 34.1 Å². The number of hydrogen-bond donors (Lipinski definition) is 0. The van der Waals surface area contributed by atoms with Gasteiger partial charge in [0, 0.05) is 22.0 Å². The number of alkyl halides is 1. The van der Waals surface area contributed by atoms with Crippen LogP contribution in [-0.4, -0.2) is 0 Å². The Labute approximate surface area is 127 Å². The molecule has 2 aromatic rings. The first-order valence-corrected chi connectivity index (χ1v) is 7.48. The van der Waals surface area contributed by atoms with Gasteiger partial charge in [0.2, 0.25) is 0 Å². The zero-order chi connectivity index (χ0) is 13.3. The standard InChI is InChI=1S/C13H10Br2ClFO/c1-2-12-7(3-4-18-12)13(15)8-5-10(16)9(14)6-11(8)17/h3-6,13H,2H2,1H3. The lowest BCUT2D eigenvalue weighted by molar-refractivity contribution is 0.511. The molecule has 1 nitrogen and oxygen atoms in total. The van der Waals surface area contributed by atoms with Gasteiger partial charge >= 0.3 is 0 Å². The molecule has 1 aromatic heterocycles. The summed E-state index contributed by atoms with van der Waals surface area (Å²) in [5, 5.41) is 0.484. The summed E-state index contributed by atoms with van der Waals surface area (Å²) in [6, 6.07) is 4.83. The Morgan fingerprint density at radius 3 is 2.78 bits per heavy atom. The Morgan fingerprint density at radius 1 is 1.39 bits per heavy atom. The van der Waals surface area contributed by atoms with E-state index in [9.17, 15) is 4.39 Å². The molecule has 96 valence electrons. The summed E-state index contributed by atoms with van der Waals surface area (Å²) in [5.41, 5.74) is 1.43. The molecule has 0 amide bonds. The highest BCUT2D eigenvalue weighted by Gasteiger charge is 2.20. The molecule has 0 aliphatic heterocycles. The Morgan fingerprint density at radius 2 is 2.11 bits per heavy atom. The zero-order valence-corrected chi connectivity index (χ0v) is 13.4. The van der Waals surface area contributed by atoms with Crippen molar-refractivity contribution in [2.45, 2.75) is 18.2 Å². The smallest absolute Gasteiger partial charge is 0.129 e. The Hall–Kier alpha value is -0.320. The van der Waals surface area contributed by atoms with Crippen molar-refractivity contribution in [3.63, 3.8) is 0 Å². The molecule has 0 saturated heterocycles. The SMILES string of the molecule is CCc1occc1C(Br)c1cc(Cl)c(Br)cc1F. The first kappa shape index (κ1) is 14.1. The highest BCUT2D eigenvalue weighted by Crippen LogP contribution is 2.38. The molecule has 5 heteroatoms. The molecule has 2 rings (SSSR count). The van der Waals surface area contributed by atoms with Crippen LogP contribution in [0.3, 0.4) is 0 Å². The molecular weight excluding hydrogens is 386 g/mol. The van der Waals surface area contributed by atoms with Crippen LogP contribution in [0.2, 0.25) is 5.02 Å². The molecule has 0 fully saturated rings. The summed E-state index contributed by atoms with van der Waals surface area (Å²) in [5.74, 6) is 0.534. The average molecular weight is 396 g/mol. The molecule has 0 bridgehead atoms. The fraction of sp³-hybridized carbons (Fsp3) is 0.231. The first-order valence-electron chi connectivity index (χ1n) is 5.39. The third-order valence-corrected chi connectivity index (χ3v) is 4.87. The van der Waals surface area contributed by atoms with Crippen molar-refractivity contribution in [1.82, 2.24) is 0 Å². The van der Waals surface area contributed by atoms with Gasteiger partial charge in [-0.3, -0.25) is 0 Å². The van der Waals surface area contributed by atoms with Crippen LogP contribution in [0, 0.1) is 5.82 Å². The van der Waals surface area contributed by atoms with Crippen LogP contribution in [0.5, 0.6) is 0 Å². The van der Waals surface area contributed by atoms with Gasteiger partial charge in [-0.2, -0.15) is 0 Å². The summed E-state index contributed by atoms with van der Waals surface area (Å²) in [6.45, 7) is 1.99. The second-order valence-electron chi connectivity index (χ2n) is 3.80. The molecule has 0 spiro atoms. The number of hydrogen-bond acceptors (Lipinski definition) is 1. The van der Waals surface area contributed by atoms with Crippen LogP contribution in [0.15, 0.2) is 33.4 Å². The molecule has 0 aliphatic rings. The summed E-state index contributed by atoms with van der Waals surface area (Å²) in [6.07, 6.45) is 2.37. The van der Waals surface area contributed by atoms with Gasteiger partial charge in [-0.15, -0.1) is 0 Å². The number of furan rings is 1. The van der Waals surface area contributed by atoms with E-state index in [1.165, 1.54) is 6.07 Å². The van der Waals surface area contributed by atoms with Gasteiger partial charge in [0.15, 0.2) is 0 Å². The van der Waals surface area contributed by atoms with Gasteiger partial charge in [-0.25, -0.2) is 4.39 Å². The lowest BCUT2D eigenvalue weighted by Gasteiger charge is -2.12. The number of benzene rings is 1. The second kappa shape index (κ2) is 5.76. The predicted octanol–water partition coefficient (Wildman–Crippen LogP) is 5.88. The highest BCUT2D eigenvalue weighted by atomic mass is 79.9. The Balaban J connectivity index is 2.46. The van der Waals surface area contributed by atoms with E-state index in [1.54, 1.807) is 12.3 Å². The van der Waals surface area contributed by atoms with E-state index in [2.05, 4.69) is 31.9 Å². The largest absolute Gasteiger partial charge is 0.469 e. The van der Waals surface area contributed by atoms with E-state index in [-0.39, 0.29) is 10.6 Å². The van der Waals surface area contributed by atoms with Gasteiger partial charge in [-0.1, -0.05) is 34.5 Å². The van der Waals surface area contributed by atoms with Gasteiger partial charge in [0.05, 0.1) is 16.1 Å². The van der Waals surface area contributed by atoms with Gasteiger partial charge < -0.3 is 4.42 Å². The second-order valence-corrected chi connectivity index (χ2v) is 5.98. The van der Waals surface area contributed by atoms with Crippen LogP contribution in [0.4, 0.5) is 4.39 Å². The number of rotatable bonds is 3. The van der Waals surface area contributed by atoms with Crippen LogP contribution < -0.4 is 0 Å². The molecule has 0 radical (unpaired) electrons. The summed E-state index contributed by atoms with van der Waals surface area (Å²) in [4.78, 5) is -0.267. The van der Waals surface area contributed by atoms with Gasteiger partial charge in [0.1, 0.15) is 11.6 Å². The van der Waals surface area contributed by atoms with Crippen LogP contribution in [0.25, 0.3) is 0 Å². The minimum absolute atomic E-state index is 0.267. The molecule has 18 heavy (non-hydrogen) atoms. The van der Waals surface area contributed by atoms with E-state index in [0.717, 1.165) is 17.7 Å². The zero-order valence-electron chi connectivity index (χ0n) is 9.51. The molecule has 1 heterocycles. The monoisotopic (exact) mass is 394 g/mol. The average Bonchev–Trinajstić information content (AvgIpc) is 2.81. The Bertz CT molecular complexity index is 568. The normalized spacial score (nSPS) is 12.7. The molecule has 0 saturated carbocycles. The molecule has 0 aliphatic carbocycles. The molecule has 1 unspecified atom stereocenters. The van der Waals surface area contributed by atoms with Crippen molar-refractivity contribution < 1.29 is 8.81 Å². The maximum Gasteiger partial charge on any atom is 0.129 e. The van der Waals surface area contributed by atoms with E-state index >= 15 is 0 Å². The minimum Gasteiger partial charge on any atom is -0.469 e. The first-order chi connectivity index (χ1) is 8.54. The van der Waals surface area contributed by atoms with Crippen LogP contribution in [0.1, 0.15) is 28.6 Å². The third kappa shape index (κ3) is 2.65. The summed E-state index contributed by atoms with van der Waals surface area (Å²) in [7, 11) is 0. The van der Waals surface area contributed by atoms with Crippen molar-refractivity contribution in [2.75, 3.05) is 0 Å². The topological polar surface area (TPSA) is 13.1 Å². The fourth-order valence-electron chi connectivity index (χ4n) is 1.76. The maximum absolute atomic E-state index is 14.0. The molecular formula is C13H10Br2ClFO. The minimum atomic E-state index is -0.309. The maximum atomic E-state index is 14.0.